The Balaban J connectivity index is 0.00000220. The third kappa shape index (κ3) is 4.66. The van der Waals surface area contributed by atoms with E-state index in [0.717, 1.165) is 15.2 Å². The lowest BCUT2D eigenvalue weighted by molar-refractivity contribution is 0.318. The molecule has 6 heteroatoms. The van der Waals surface area contributed by atoms with Gasteiger partial charge in [0.05, 0.1) is 15.2 Å². The number of hydrogen-bond acceptors (Lipinski definition) is 4. The second kappa shape index (κ2) is 7.20. The molecule has 0 spiro atoms. The summed E-state index contributed by atoms with van der Waals surface area (Å²) in [5, 5.41) is 1.08. The first kappa shape index (κ1) is 17.9. The van der Waals surface area contributed by atoms with Gasteiger partial charge in [0.1, 0.15) is 18.2 Å². The van der Waals surface area contributed by atoms with E-state index >= 15 is 0 Å². The molecule has 0 aliphatic carbocycles. The smallest absolute Gasteiger partial charge is 0.139 e. The van der Waals surface area contributed by atoms with Gasteiger partial charge in [-0.25, -0.2) is 9.37 Å². The Morgan fingerprint density at radius 2 is 2.14 bits per heavy atom. The summed E-state index contributed by atoms with van der Waals surface area (Å²) >= 11 is 1.68. The van der Waals surface area contributed by atoms with Gasteiger partial charge in [-0.2, -0.15) is 0 Å². The van der Waals surface area contributed by atoms with E-state index in [1.165, 1.54) is 6.08 Å². The quantitative estimate of drug-likeness (QED) is 0.913. The van der Waals surface area contributed by atoms with Gasteiger partial charge in [0.2, 0.25) is 0 Å². The fourth-order valence-electron chi connectivity index (χ4n) is 1.66. The Morgan fingerprint density at radius 3 is 2.76 bits per heavy atom. The van der Waals surface area contributed by atoms with Crippen LogP contribution in [0, 0.1) is 0 Å². The van der Waals surface area contributed by atoms with Crippen molar-refractivity contribution in [2.24, 2.45) is 5.73 Å². The van der Waals surface area contributed by atoms with E-state index in [9.17, 15) is 4.39 Å². The molecule has 116 valence electrons. The minimum atomic E-state index is -0.360. The highest BCUT2D eigenvalue weighted by Crippen LogP contribution is 2.32. The summed E-state index contributed by atoms with van der Waals surface area (Å²) < 4.78 is 19.7. The topological polar surface area (TPSA) is 48.1 Å². The van der Waals surface area contributed by atoms with Crippen LogP contribution in [-0.2, 0) is 5.41 Å². The van der Waals surface area contributed by atoms with Crippen molar-refractivity contribution < 1.29 is 9.13 Å². The Kier molecular flexibility index (Phi) is 6.13. The molecule has 0 bridgehead atoms. The minimum absolute atomic E-state index is 0. The predicted octanol–water partition coefficient (Wildman–Crippen LogP) is 4.21. The number of aromatic nitrogens is 1. The molecule has 1 aromatic carbocycles. The first-order valence-electron chi connectivity index (χ1n) is 6.48. The summed E-state index contributed by atoms with van der Waals surface area (Å²) in [7, 11) is 0. The number of benzene rings is 1. The fourth-order valence-corrected chi connectivity index (χ4v) is 2.66. The average molecular weight is 331 g/mol. The Labute approximate surface area is 134 Å². The van der Waals surface area contributed by atoms with E-state index < -0.39 is 0 Å². The number of nitrogens with zero attached hydrogens (tertiary/aromatic N) is 1. The van der Waals surface area contributed by atoms with E-state index in [1.54, 1.807) is 11.3 Å². The first-order chi connectivity index (χ1) is 9.40. The zero-order valence-electron chi connectivity index (χ0n) is 12.4. The van der Waals surface area contributed by atoms with Crippen molar-refractivity contribution in [2.45, 2.75) is 26.2 Å². The van der Waals surface area contributed by atoms with Gasteiger partial charge in [0.15, 0.2) is 0 Å². The van der Waals surface area contributed by atoms with Crippen LogP contribution in [0.2, 0.25) is 0 Å². The van der Waals surface area contributed by atoms with Gasteiger partial charge in [-0.1, -0.05) is 20.8 Å². The minimum Gasteiger partial charge on any atom is -0.486 e. The van der Waals surface area contributed by atoms with Crippen LogP contribution in [0.5, 0.6) is 5.75 Å². The molecule has 1 aromatic heterocycles. The number of fused-ring (bicyclic) bond motifs is 1. The summed E-state index contributed by atoms with van der Waals surface area (Å²) in [6, 6.07) is 5.64. The van der Waals surface area contributed by atoms with Crippen molar-refractivity contribution in [2.75, 3.05) is 13.2 Å². The fraction of sp³-hybridized carbons (Fsp3) is 0.400. The van der Waals surface area contributed by atoms with Crippen molar-refractivity contribution in [3.63, 3.8) is 0 Å². The van der Waals surface area contributed by atoms with Crippen molar-refractivity contribution >= 4 is 34.0 Å². The maximum absolute atomic E-state index is 13.2. The summed E-state index contributed by atoms with van der Waals surface area (Å²) in [6.07, 6.45) is 1.30. The van der Waals surface area contributed by atoms with Gasteiger partial charge >= 0.3 is 0 Å². The van der Waals surface area contributed by atoms with Crippen LogP contribution < -0.4 is 10.5 Å². The number of nitrogens with two attached hydrogens (primary N) is 1. The summed E-state index contributed by atoms with van der Waals surface area (Å²) in [4.78, 5) is 4.62. The number of rotatable bonds is 4. The molecule has 0 atom stereocenters. The average Bonchev–Trinajstić information content (AvgIpc) is 2.79. The molecule has 2 N–H and O–H groups in total. The van der Waals surface area contributed by atoms with E-state index in [4.69, 9.17) is 10.5 Å². The molecule has 0 amide bonds. The van der Waals surface area contributed by atoms with Crippen LogP contribution >= 0.6 is 23.7 Å². The molecule has 0 aliphatic rings. The molecule has 0 aliphatic heterocycles. The molecule has 0 saturated heterocycles. The Hall–Kier alpha value is -1.17. The highest BCUT2D eigenvalue weighted by Gasteiger charge is 2.18. The molecule has 2 rings (SSSR count). The molecule has 3 nitrogen and oxygen atoms in total. The number of hydrogen-bond donors (Lipinski definition) is 1. The predicted molar refractivity (Wildman–Crippen MR) is 89.3 cm³/mol. The van der Waals surface area contributed by atoms with E-state index in [2.05, 4.69) is 25.8 Å². The maximum Gasteiger partial charge on any atom is 0.139 e. The van der Waals surface area contributed by atoms with Crippen LogP contribution in [0.4, 0.5) is 4.39 Å². The first-order valence-corrected chi connectivity index (χ1v) is 7.30. The van der Waals surface area contributed by atoms with Gasteiger partial charge in [-0.15, -0.1) is 23.7 Å². The number of thiazole rings is 1. The molecule has 0 radical (unpaired) electrons. The molecular formula is C15H20ClFN2OS. The molecule has 1 heterocycles. The van der Waals surface area contributed by atoms with Crippen LogP contribution in [0.25, 0.3) is 10.2 Å². The molecule has 21 heavy (non-hydrogen) atoms. The van der Waals surface area contributed by atoms with Gasteiger partial charge in [0, 0.05) is 18.0 Å². The van der Waals surface area contributed by atoms with Crippen molar-refractivity contribution in [3.8, 4) is 5.75 Å². The van der Waals surface area contributed by atoms with E-state index in [1.807, 2.05) is 18.2 Å². The number of halogens is 2. The van der Waals surface area contributed by atoms with Crippen molar-refractivity contribution in [3.05, 3.63) is 35.1 Å². The lowest BCUT2D eigenvalue weighted by Gasteiger charge is -2.13. The molecular weight excluding hydrogens is 311 g/mol. The van der Waals surface area contributed by atoms with Crippen molar-refractivity contribution in [1.82, 2.24) is 4.98 Å². The molecule has 0 saturated carbocycles. The maximum atomic E-state index is 13.2. The summed E-state index contributed by atoms with van der Waals surface area (Å²) in [5.41, 5.74) is 6.15. The second-order valence-electron chi connectivity index (χ2n) is 5.57. The third-order valence-corrected chi connectivity index (χ3v) is 4.18. The van der Waals surface area contributed by atoms with Gasteiger partial charge in [-0.05, 0) is 18.2 Å². The zero-order valence-corrected chi connectivity index (χ0v) is 14.0. The van der Waals surface area contributed by atoms with Crippen LogP contribution in [0.15, 0.2) is 30.1 Å². The normalized spacial score (nSPS) is 12.3. The van der Waals surface area contributed by atoms with Crippen molar-refractivity contribution in [1.29, 1.82) is 0 Å². The molecule has 2 aromatic rings. The van der Waals surface area contributed by atoms with Gasteiger partial charge in [-0.3, -0.25) is 0 Å². The van der Waals surface area contributed by atoms with Crippen LogP contribution in [0.3, 0.4) is 0 Å². The van der Waals surface area contributed by atoms with Gasteiger partial charge < -0.3 is 10.5 Å². The Morgan fingerprint density at radius 1 is 1.43 bits per heavy atom. The zero-order chi connectivity index (χ0) is 14.8. The monoisotopic (exact) mass is 330 g/mol. The highest BCUT2D eigenvalue weighted by atomic mass is 35.5. The summed E-state index contributed by atoms with van der Waals surface area (Å²) in [5.74, 6) is 0.255. The molecule has 0 unspecified atom stereocenters. The largest absolute Gasteiger partial charge is 0.486 e. The lowest BCUT2D eigenvalue weighted by Crippen LogP contribution is -2.09. The van der Waals surface area contributed by atoms with Crippen LogP contribution in [0.1, 0.15) is 25.8 Å². The van der Waals surface area contributed by atoms with Gasteiger partial charge in [0.25, 0.3) is 0 Å². The van der Waals surface area contributed by atoms with E-state index in [0.29, 0.717) is 5.75 Å². The lowest BCUT2D eigenvalue weighted by atomic mass is 9.98. The SMILES string of the molecule is CC(C)(C)c1nc2cc(OC/C(F)=C\CN)ccc2s1.Cl. The molecule has 0 fully saturated rings. The highest BCUT2D eigenvalue weighted by molar-refractivity contribution is 7.18. The third-order valence-electron chi connectivity index (χ3n) is 2.72. The summed E-state index contributed by atoms with van der Waals surface area (Å²) in [6.45, 7) is 6.48. The van der Waals surface area contributed by atoms with E-state index in [-0.39, 0.29) is 36.8 Å². The standard InChI is InChI=1S/C15H19FN2OS.ClH/c1-15(2,3)14-18-12-8-11(4-5-13(12)20-14)19-9-10(16)6-7-17;/h4-6,8H,7,9,17H2,1-3H3;1H/b10-6+;. The second-order valence-corrected chi connectivity index (χ2v) is 6.60. The van der Waals surface area contributed by atoms with Crippen LogP contribution in [-0.4, -0.2) is 18.1 Å². The Bertz CT molecular complexity index is 634. The number of ether oxygens (including phenoxy) is 1.